The SMILES string of the molecule is CC1(C)c2ccccc2-c2c1ccc1c3cc(-c4ccc5c(c4)-c4ccccc4C5c4ccccc4)ccc3n(-c3ccccc3)c21.CC1(C)c2ccccc2-c2ccc3c(c21)c1cc(-c2ccc4c(c2)c2ccccc2n4-c2ccccc2)ccc1n3-c1ccccc1.CC1(C)c2ccccc2-c2ccc3c4cc(-c5ccc6c(c5)c5ccccc5n6-c5ccccc5)ccc4n(-c4ccccc4)c3c21. The highest BCUT2D eigenvalue weighted by atomic mass is 15.0. The Morgan fingerprint density at radius 2 is 0.496 bits per heavy atom. The van der Waals surface area contributed by atoms with Gasteiger partial charge in [-0.2, -0.15) is 0 Å². The Morgan fingerprint density at radius 1 is 0.177 bits per heavy atom. The van der Waals surface area contributed by atoms with Gasteiger partial charge < -0.3 is 22.8 Å². The highest BCUT2D eigenvalue weighted by Crippen LogP contribution is 2.59. The van der Waals surface area contributed by atoms with Crippen molar-refractivity contribution in [1.29, 1.82) is 0 Å². The first-order valence-corrected chi connectivity index (χ1v) is 49.6. The Morgan fingerprint density at radius 3 is 1.00 bits per heavy atom. The van der Waals surface area contributed by atoms with Gasteiger partial charge in [0.05, 0.1) is 55.2 Å². The van der Waals surface area contributed by atoms with Crippen molar-refractivity contribution in [1.82, 2.24) is 22.8 Å². The molecule has 5 heteroatoms. The molecule has 0 fully saturated rings. The standard InChI is InChI=1S/C46H33N.2C45H32N2/c1-46(2)40-20-12-11-19-37(40)44-41(46)25-24-36-39-28-31(22-26-42(39)47(45(36)44)32-15-7-4-8-16-32)30-21-23-35-38(27-30)33-17-9-10-18-34(33)43(35)29-13-5-3-6-14-29;1-45(2)39-19-11-9-17-33(39)35-23-24-36-38-28-30(22-26-42(38)47(44(36)43(35)45)32-15-7-4-8-16-32)29-21-25-41-37(27-29)34-18-10-12-20-40(34)46(41)31-13-5-3-6-14-31;1-45(2)38-19-11-9-17-33(38)35-23-26-42-43(44(35)45)37-28-30(22-25-41(37)47(42)32-15-7-4-8-16-32)29-21-24-40-36(27-29)34-18-10-12-20-39(34)46(40)31-13-5-3-6-14-31/h3-28,43H,1-2H3;2*3-28H,1-2H3. The molecule has 141 heavy (non-hydrogen) atoms. The second-order valence-corrected chi connectivity index (χ2v) is 40.4. The van der Waals surface area contributed by atoms with Crippen LogP contribution in [0.3, 0.4) is 0 Å². The molecular weight excluding hydrogens is 1700 g/mol. The molecule has 0 spiro atoms. The lowest BCUT2D eigenvalue weighted by Crippen LogP contribution is -2.16. The second kappa shape index (κ2) is 31.3. The van der Waals surface area contributed by atoms with Crippen LogP contribution >= 0.6 is 0 Å². The molecule has 0 amide bonds. The van der Waals surface area contributed by atoms with E-state index in [9.17, 15) is 0 Å². The van der Waals surface area contributed by atoms with Crippen molar-refractivity contribution >= 4 is 109 Å². The Bertz CT molecular complexity index is 9670. The van der Waals surface area contributed by atoms with E-state index < -0.39 is 0 Å². The van der Waals surface area contributed by atoms with Gasteiger partial charge in [0.2, 0.25) is 0 Å². The number of benzene rings is 21. The summed E-state index contributed by atoms with van der Waals surface area (Å²) in [4.78, 5) is 0. The molecule has 0 radical (unpaired) electrons. The summed E-state index contributed by atoms with van der Waals surface area (Å²) in [5, 5.41) is 12.9. The zero-order valence-electron chi connectivity index (χ0n) is 79.3. The van der Waals surface area contributed by atoms with Gasteiger partial charge in [-0.1, -0.05) is 369 Å². The first-order valence-electron chi connectivity index (χ1n) is 49.6. The number of aromatic nitrogens is 5. The first-order chi connectivity index (χ1) is 69.3. The molecule has 5 heterocycles. The van der Waals surface area contributed by atoms with Crippen molar-refractivity contribution in [2.45, 2.75) is 63.7 Å². The van der Waals surface area contributed by atoms with Crippen LogP contribution in [0.4, 0.5) is 0 Å². The van der Waals surface area contributed by atoms with E-state index in [-0.39, 0.29) is 22.2 Å². The third kappa shape index (κ3) is 12.3. The number of nitrogens with zero attached hydrogens (tertiary/aromatic N) is 5. The topological polar surface area (TPSA) is 24.6 Å². The molecule has 0 N–H and O–H groups in total. The summed E-state index contributed by atoms with van der Waals surface area (Å²) in [6.07, 6.45) is 0. The predicted octanol–water partition coefficient (Wildman–Crippen LogP) is 35.6. The van der Waals surface area contributed by atoms with Gasteiger partial charge in [0, 0.05) is 110 Å². The van der Waals surface area contributed by atoms with Crippen LogP contribution in [-0.2, 0) is 16.2 Å². The summed E-state index contributed by atoms with van der Waals surface area (Å²) < 4.78 is 12.2. The minimum Gasteiger partial charge on any atom is -0.309 e. The lowest BCUT2D eigenvalue weighted by molar-refractivity contribution is 0.661. The maximum Gasteiger partial charge on any atom is 0.0622 e. The van der Waals surface area contributed by atoms with Crippen LogP contribution < -0.4 is 0 Å². The van der Waals surface area contributed by atoms with Crippen molar-refractivity contribution in [2.75, 3.05) is 0 Å². The van der Waals surface area contributed by atoms with Crippen LogP contribution in [0.15, 0.2) is 473 Å². The molecule has 0 saturated carbocycles. The molecule has 21 aromatic carbocycles. The van der Waals surface area contributed by atoms with Crippen LogP contribution in [0.5, 0.6) is 0 Å². The van der Waals surface area contributed by atoms with E-state index in [0.29, 0.717) is 0 Å². The second-order valence-electron chi connectivity index (χ2n) is 40.4. The first kappa shape index (κ1) is 81.9. The maximum atomic E-state index is 2.50. The third-order valence-electron chi connectivity index (χ3n) is 31.8. The lowest BCUT2D eigenvalue weighted by atomic mass is 9.80. The van der Waals surface area contributed by atoms with Crippen molar-refractivity contribution in [2.24, 2.45) is 0 Å². The van der Waals surface area contributed by atoms with Crippen molar-refractivity contribution < 1.29 is 0 Å². The maximum absolute atomic E-state index is 2.50. The molecule has 666 valence electrons. The van der Waals surface area contributed by atoms with Crippen LogP contribution in [0.25, 0.3) is 215 Å². The fourth-order valence-electron chi connectivity index (χ4n) is 25.5. The third-order valence-corrected chi connectivity index (χ3v) is 31.8. The van der Waals surface area contributed by atoms with Gasteiger partial charge in [0.25, 0.3) is 0 Å². The monoisotopic (exact) mass is 1800 g/mol. The molecule has 30 rings (SSSR count). The number of hydrogen-bond donors (Lipinski definition) is 0. The highest BCUT2D eigenvalue weighted by molar-refractivity contribution is 6.20. The Kier molecular flexibility index (Phi) is 18.2. The van der Waals surface area contributed by atoms with Crippen LogP contribution in [-0.4, -0.2) is 22.8 Å². The number of para-hydroxylation sites is 7. The van der Waals surface area contributed by atoms with Gasteiger partial charge in [-0.25, -0.2) is 0 Å². The fourth-order valence-corrected chi connectivity index (χ4v) is 25.5. The summed E-state index contributed by atoms with van der Waals surface area (Å²) in [6, 6.07) is 175. The quantitative estimate of drug-likeness (QED) is 0.138. The normalized spacial score (nSPS) is 14.1. The molecule has 1 unspecified atom stereocenters. The highest BCUT2D eigenvalue weighted by Gasteiger charge is 2.42. The van der Waals surface area contributed by atoms with Crippen molar-refractivity contribution in [3.8, 4) is 106 Å². The van der Waals surface area contributed by atoms with E-state index >= 15 is 0 Å². The van der Waals surface area contributed by atoms with E-state index in [4.69, 9.17) is 0 Å². The Balaban J connectivity index is 0.000000104. The van der Waals surface area contributed by atoms with Crippen molar-refractivity contribution in [3.05, 3.63) is 523 Å². The molecule has 1 atom stereocenters. The largest absolute Gasteiger partial charge is 0.309 e. The average molecular weight is 1800 g/mol. The van der Waals surface area contributed by atoms with Crippen LogP contribution in [0.1, 0.15) is 97.5 Å². The van der Waals surface area contributed by atoms with E-state index in [0.717, 1.165) is 0 Å². The molecule has 4 aliphatic carbocycles. The van der Waals surface area contributed by atoms with Crippen LogP contribution in [0, 0.1) is 0 Å². The van der Waals surface area contributed by atoms with E-state index in [1.54, 1.807) is 0 Å². The fraction of sp³-hybridized carbons (Fsp3) is 0.0735. The summed E-state index contributed by atoms with van der Waals surface area (Å²) in [6.45, 7) is 14.3. The van der Waals surface area contributed by atoms with E-state index in [1.807, 2.05) is 0 Å². The summed E-state index contributed by atoms with van der Waals surface area (Å²) in [7, 11) is 0. The molecule has 26 aromatic rings. The van der Waals surface area contributed by atoms with Gasteiger partial charge in [-0.15, -0.1) is 0 Å². The number of rotatable bonds is 9. The van der Waals surface area contributed by atoms with Gasteiger partial charge in [0.15, 0.2) is 0 Å². The molecule has 0 aliphatic heterocycles. The molecule has 5 aromatic heterocycles. The predicted molar refractivity (Wildman–Crippen MR) is 593 cm³/mol. The van der Waals surface area contributed by atoms with Crippen LogP contribution in [0.2, 0.25) is 0 Å². The lowest BCUT2D eigenvalue weighted by Gasteiger charge is -2.23. The molecular formula is C136H97N5. The molecule has 4 aliphatic rings. The van der Waals surface area contributed by atoms with Crippen molar-refractivity contribution in [3.63, 3.8) is 0 Å². The molecule has 5 nitrogen and oxygen atoms in total. The number of hydrogen-bond acceptors (Lipinski definition) is 0. The van der Waals surface area contributed by atoms with E-state index in [2.05, 4.69) is 538 Å². The zero-order valence-corrected chi connectivity index (χ0v) is 79.3. The van der Waals surface area contributed by atoms with Gasteiger partial charge >= 0.3 is 0 Å². The Labute approximate surface area is 819 Å². The smallest absolute Gasteiger partial charge is 0.0622 e. The molecule has 0 bridgehead atoms. The minimum atomic E-state index is -0.118. The summed E-state index contributed by atoms with van der Waals surface area (Å²) in [5.74, 6) is 0.261. The van der Waals surface area contributed by atoms with Gasteiger partial charge in [-0.05, 0) is 268 Å². The molecule has 0 saturated heterocycles. The van der Waals surface area contributed by atoms with E-state index in [1.165, 1.54) is 265 Å². The number of fused-ring (bicyclic) bond motifs is 30. The van der Waals surface area contributed by atoms with Gasteiger partial charge in [0.1, 0.15) is 0 Å². The Hall–Kier alpha value is -17.4. The summed E-state index contributed by atoms with van der Waals surface area (Å²) in [5.41, 5.74) is 48.9. The minimum absolute atomic E-state index is 0.0540. The summed E-state index contributed by atoms with van der Waals surface area (Å²) >= 11 is 0. The zero-order chi connectivity index (χ0) is 93.8. The average Bonchev–Trinajstić information content (AvgIpc) is 1.55. The van der Waals surface area contributed by atoms with Gasteiger partial charge in [-0.3, -0.25) is 0 Å².